The fourth-order valence-electron chi connectivity index (χ4n) is 3.81. The number of urea groups is 1. The number of aryl methyl sites for hydroxylation is 1. The van der Waals surface area contributed by atoms with Crippen molar-refractivity contribution in [2.24, 2.45) is 5.41 Å². The lowest BCUT2D eigenvalue weighted by atomic mass is 9.69. The zero-order chi connectivity index (χ0) is 18.4. The maximum Gasteiger partial charge on any atom is 0.317 e. The van der Waals surface area contributed by atoms with Crippen molar-refractivity contribution in [1.29, 1.82) is 0 Å². The molecule has 2 fully saturated rings. The standard InChI is InChI=1S/C20H30N2O4/c1-24-17-6-7-18(25-2)16(13-17)5-3-10-21-19(23)22-11-12-26-15-20(14-22)8-4-9-20/h6-7,13H,3-5,8-12,14-15H2,1-2H3,(H,21,23). The average molecular weight is 362 g/mol. The minimum Gasteiger partial charge on any atom is -0.497 e. The molecular weight excluding hydrogens is 332 g/mol. The fourth-order valence-corrected chi connectivity index (χ4v) is 3.81. The lowest BCUT2D eigenvalue weighted by Crippen LogP contribution is -2.48. The molecule has 1 saturated carbocycles. The summed E-state index contributed by atoms with van der Waals surface area (Å²) in [7, 11) is 3.33. The van der Waals surface area contributed by atoms with E-state index in [1.54, 1.807) is 14.2 Å². The van der Waals surface area contributed by atoms with Crippen LogP contribution in [0.4, 0.5) is 4.79 Å². The second kappa shape index (κ2) is 8.62. The van der Waals surface area contributed by atoms with Gasteiger partial charge in [0.2, 0.25) is 0 Å². The van der Waals surface area contributed by atoms with Gasteiger partial charge in [0.1, 0.15) is 11.5 Å². The first-order valence-corrected chi connectivity index (χ1v) is 9.47. The third-order valence-electron chi connectivity index (χ3n) is 5.53. The number of hydrogen-bond donors (Lipinski definition) is 1. The van der Waals surface area contributed by atoms with Gasteiger partial charge in [0.25, 0.3) is 0 Å². The number of rotatable bonds is 6. The molecule has 1 aliphatic heterocycles. The van der Waals surface area contributed by atoms with Gasteiger partial charge in [-0.15, -0.1) is 0 Å². The van der Waals surface area contributed by atoms with Crippen LogP contribution < -0.4 is 14.8 Å². The average Bonchev–Trinajstić information content (AvgIpc) is 2.88. The highest BCUT2D eigenvalue weighted by molar-refractivity contribution is 5.74. The lowest BCUT2D eigenvalue weighted by molar-refractivity contribution is 0.0126. The molecule has 0 radical (unpaired) electrons. The van der Waals surface area contributed by atoms with Crippen molar-refractivity contribution in [1.82, 2.24) is 10.2 Å². The molecule has 26 heavy (non-hydrogen) atoms. The summed E-state index contributed by atoms with van der Waals surface area (Å²) in [5.41, 5.74) is 1.31. The van der Waals surface area contributed by atoms with Gasteiger partial charge in [-0.2, -0.15) is 0 Å². The highest BCUT2D eigenvalue weighted by Gasteiger charge is 2.41. The SMILES string of the molecule is COc1ccc(OC)c(CCCNC(=O)N2CCOCC3(CCC3)C2)c1. The van der Waals surface area contributed by atoms with Gasteiger partial charge in [-0.25, -0.2) is 4.79 Å². The molecule has 1 saturated heterocycles. The van der Waals surface area contributed by atoms with Crippen LogP contribution in [0.1, 0.15) is 31.2 Å². The van der Waals surface area contributed by atoms with Crippen molar-refractivity contribution in [3.63, 3.8) is 0 Å². The highest BCUT2D eigenvalue weighted by atomic mass is 16.5. The first kappa shape index (κ1) is 18.8. The topological polar surface area (TPSA) is 60.0 Å². The van der Waals surface area contributed by atoms with Crippen LogP contribution in [0, 0.1) is 5.41 Å². The summed E-state index contributed by atoms with van der Waals surface area (Å²) in [5, 5.41) is 3.06. The van der Waals surface area contributed by atoms with Gasteiger partial charge in [-0.05, 0) is 49.4 Å². The normalized spacial score (nSPS) is 18.8. The van der Waals surface area contributed by atoms with Crippen molar-refractivity contribution < 1.29 is 19.0 Å². The summed E-state index contributed by atoms with van der Waals surface area (Å²) in [5.74, 6) is 1.67. The van der Waals surface area contributed by atoms with E-state index in [0.717, 1.165) is 43.1 Å². The third-order valence-corrected chi connectivity index (χ3v) is 5.53. The Bertz CT molecular complexity index is 616. The second-order valence-electron chi connectivity index (χ2n) is 7.34. The summed E-state index contributed by atoms with van der Waals surface area (Å²) in [6.45, 7) is 3.58. The Hall–Kier alpha value is -1.95. The maximum atomic E-state index is 12.5. The molecule has 1 N–H and O–H groups in total. The molecule has 3 rings (SSSR count). The second-order valence-corrected chi connectivity index (χ2v) is 7.34. The molecule has 6 heteroatoms. The number of carbonyl (C=O) groups excluding carboxylic acids is 1. The monoisotopic (exact) mass is 362 g/mol. The number of ether oxygens (including phenoxy) is 3. The minimum absolute atomic E-state index is 0.0272. The molecule has 1 spiro atoms. The molecule has 1 aliphatic carbocycles. The Balaban J connectivity index is 1.46. The molecule has 1 aromatic carbocycles. The van der Waals surface area contributed by atoms with Crippen LogP contribution in [0.3, 0.4) is 0 Å². The summed E-state index contributed by atoms with van der Waals surface area (Å²) in [4.78, 5) is 14.5. The Kier molecular flexibility index (Phi) is 6.25. The van der Waals surface area contributed by atoms with Gasteiger partial charge in [-0.1, -0.05) is 6.42 Å². The molecule has 1 heterocycles. The van der Waals surface area contributed by atoms with E-state index in [-0.39, 0.29) is 11.4 Å². The van der Waals surface area contributed by atoms with E-state index in [9.17, 15) is 4.79 Å². The molecular formula is C20H30N2O4. The fraction of sp³-hybridized carbons (Fsp3) is 0.650. The molecule has 0 unspecified atom stereocenters. The van der Waals surface area contributed by atoms with Gasteiger partial charge >= 0.3 is 6.03 Å². The number of methoxy groups -OCH3 is 2. The predicted octanol–water partition coefficient (Wildman–Crippen LogP) is 2.85. The van der Waals surface area contributed by atoms with Crippen molar-refractivity contribution in [2.45, 2.75) is 32.1 Å². The van der Waals surface area contributed by atoms with Crippen LogP contribution in [-0.4, -0.2) is 58.0 Å². The smallest absolute Gasteiger partial charge is 0.317 e. The Morgan fingerprint density at radius 3 is 2.85 bits per heavy atom. The van der Waals surface area contributed by atoms with Crippen LogP contribution in [0.5, 0.6) is 11.5 Å². The zero-order valence-corrected chi connectivity index (χ0v) is 15.9. The number of carbonyl (C=O) groups is 1. The van der Waals surface area contributed by atoms with E-state index >= 15 is 0 Å². The van der Waals surface area contributed by atoms with Gasteiger partial charge in [0.05, 0.1) is 27.4 Å². The third kappa shape index (κ3) is 4.41. The van der Waals surface area contributed by atoms with Crippen LogP contribution in [0.15, 0.2) is 18.2 Å². The molecule has 2 amide bonds. The van der Waals surface area contributed by atoms with Crippen molar-refractivity contribution >= 4 is 6.03 Å². The van der Waals surface area contributed by atoms with Crippen molar-refractivity contribution in [3.8, 4) is 11.5 Å². The number of benzene rings is 1. The Labute approximate surface area is 155 Å². The number of amides is 2. The number of nitrogens with one attached hydrogen (secondary N) is 1. The largest absolute Gasteiger partial charge is 0.497 e. The summed E-state index contributed by atoms with van der Waals surface area (Å²) in [6, 6.07) is 5.83. The van der Waals surface area contributed by atoms with Crippen LogP contribution >= 0.6 is 0 Å². The summed E-state index contributed by atoms with van der Waals surface area (Å²) >= 11 is 0. The van der Waals surface area contributed by atoms with Gasteiger partial charge in [-0.3, -0.25) is 0 Å². The van der Waals surface area contributed by atoms with E-state index in [4.69, 9.17) is 14.2 Å². The van der Waals surface area contributed by atoms with Crippen molar-refractivity contribution in [3.05, 3.63) is 23.8 Å². The van der Waals surface area contributed by atoms with Crippen molar-refractivity contribution in [2.75, 3.05) is 47.1 Å². The molecule has 0 aromatic heterocycles. The Morgan fingerprint density at radius 2 is 2.15 bits per heavy atom. The molecule has 0 atom stereocenters. The number of nitrogens with zero attached hydrogens (tertiary/aromatic N) is 1. The first-order valence-electron chi connectivity index (χ1n) is 9.47. The lowest BCUT2D eigenvalue weighted by Gasteiger charge is -2.42. The van der Waals surface area contributed by atoms with Crippen LogP contribution in [-0.2, 0) is 11.2 Å². The molecule has 1 aromatic rings. The zero-order valence-electron chi connectivity index (χ0n) is 15.9. The van der Waals surface area contributed by atoms with E-state index in [1.807, 2.05) is 23.1 Å². The van der Waals surface area contributed by atoms with Crippen LogP contribution in [0.25, 0.3) is 0 Å². The first-order chi connectivity index (χ1) is 12.7. The molecule has 6 nitrogen and oxygen atoms in total. The Morgan fingerprint density at radius 1 is 1.31 bits per heavy atom. The van der Waals surface area contributed by atoms with E-state index in [2.05, 4.69) is 5.32 Å². The quantitative estimate of drug-likeness (QED) is 0.791. The van der Waals surface area contributed by atoms with Gasteiger partial charge < -0.3 is 24.4 Å². The van der Waals surface area contributed by atoms with Gasteiger partial charge in [0.15, 0.2) is 0 Å². The highest BCUT2D eigenvalue weighted by Crippen LogP contribution is 2.42. The van der Waals surface area contributed by atoms with E-state index in [1.165, 1.54) is 19.3 Å². The molecule has 144 valence electrons. The maximum absolute atomic E-state index is 12.5. The van der Waals surface area contributed by atoms with Crippen LogP contribution in [0.2, 0.25) is 0 Å². The minimum atomic E-state index is 0.0272. The number of hydrogen-bond acceptors (Lipinski definition) is 4. The van der Waals surface area contributed by atoms with E-state index in [0.29, 0.717) is 19.7 Å². The summed E-state index contributed by atoms with van der Waals surface area (Å²) in [6.07, 6.45) is 5.28. The van der Waals surface area contributed by atoms with E-state index < -0.39 is 0 Å². The molecule has 0 bridgehead atoms. The molecule has 2 aliphatic rings. The van der Waals surface area contributed by atoms with Gasteiger partial charge in [0, 0.05) is 25.0 Å². The summed E-state index contributed by atoms with van der Waals surface area (Å²) < 4.78 is 16.4. The predicted molar refractivity (Wildman–Crippen MR) is 99.9 cm³/mol.